The Morgan fingerprint density at radius 3 is 2.26 bits per heavy atom. The van der Waals surface area contributed by atoms with E-state index in [1.165, 1.54) is 37.2 Å². The number of H-pyrrole nitrogens is 1. The number of hydrogen-bond acceptors (Lipinski definition) is 6. The van der Waals surface area contributed by atoms with Crippen LogP contribution in [0.15, 0.2) is 32.4 Å². The van der Waals surface area contributed by atoms with Gasteiger partial charge in [0.15, 0.2) is 0 Å². The lowest BCUT2D eigenvalue weighted by atomic mass is 9.95. The minimum absolute atomic E-state index is 0.0889. The van der Waals surface area contributed by atoms with E-state index in [-0.39, 0.29) is 21.3 Å². The Morgan fingerprint density at radius 1 is 1.15 bits per heavy atom. The second-order valence-corrected chi connectivity index (χ2v) is 7.41. The third-order valence-electron chi connectivity index (χ3n) is 3.45. The SMILES string of the molecule is CN(C)C(=O)Sc1cc(Br)ccc1-c1c(C(=O)O)c(N)[nH]c(=O)c1C(=O)O. The van der Waals surface area contributed by atoms with Crippen molar-refractivity contribution in [3.63, 3.8) is 0 Å². The molecule has 1 aromatic heterocycles. The number of carbonyl (C=O) groups excluding carboxylic acids is 1. The standard InChI is InChI=1S/C16H14BrN3O6S/c1-20(2)16(26)27-8-5-6(17)3-4-7(8)9-10(14(22)23)12(18)19-13(21)11(9)15(24)25/h3-5H,1-2H3,(H,22,23)(H,24,25)(H3,18,19,21). The first kappa shape index (κ1) is 20.5. The Balaban J connectivity index is 2.93. The van der Waals surface area contributed by atoms with Gasteiger partial charge in [-0.25, -0.2) is 9.59 Å². The van der Waals surface area contributed by atoms with Gasteiger partial charge in [0.2, 0.25) is 0 Å². The van der Waals surface area contributed by atoms with Gasteiger partial charge in [-0.05, 0) is 29.5 Å². The molecule has 5 N–H and O–H groups in total. The molecule has 0 atom stereocenters. The number of nitrogens with one attached hydrogen (secondary N) is 1. The van der Waals surface area contributed by atoms with Crippen LogP contribution in [0.5, 0.6) is 0 Å². The zero-order chi connectivity index (χ0) is 20.5. The van der Waals surface area contributed by atoms with Crippen LogP contribution in [0.4, 0.5) is 10.6 Å². The van der Waals surface area contributed by atoms with Gasteiger partial charge in [0, 0.05) is 29.0 Å². The van der Waals surface area contributed by atoms with Crippen LogP contribution in [0.25, 0.3) is 11.1 Å². The number of anilines is 1. The van der Waals surface area contributed by atoms with Crippen molar-refractivity contribution in [3.8, 4) is 11.1 Å². The molecular weight excluding hydrogens is 442 g/mol. The number of aromatic amines is 1. The number of benzene rings is 1. The minimum atomic E-state index is -1.62. The maximum atomic E-state index is 12.2. The van der Waals surface area contributed by atoms with Crippen molar-refractivity contribution >= 4 is 50.7 Å². The van der Waals surface area contributed by atoms with Crippen LogP contribution in [0, 0.1) is 0 Å². The smallest absolute Gasteiger partial charge is 0.342 e. The summed E-state index contributed by atoms with van der Waals surface area (Å²) in [5.74, 6) is -3.61. The second kappa shape index (κ2) is 7.84. The quantitative estimate of drug-likeness (QED) is 0.512. The molecule has 0 aliphatic carbocycles. The first-order valence-electron chi connectivity index (χ1n) is 7.26. The summed E-state index contributed by atoms with van der Waals surface area (Å²) in [5, 5.41) is 18.6. The fraction of sp³-hybridized carbons (Fsp3) is 0.125. The number of amides is 1. The van der Waals surface area contributed by atoms with Crippen LogP contribution in [0.3, 0.4) is 0 Å². The van der Waals surface area contributed by atoms with Gasteiger partial charge in [-0.3, -0.25) is 9.59 Å². The molecule has 1 heterocycles. The fourth-order valence-electron chi connectivity index (χ4n) is 2.29. The van der Waals surface area contributed by atoms with Crippen molar-refractivity contribution in [1.82, 2.24) is 9.88 Å². The van der Waals surface area contributed by atoms with Crippen LogP contribution in [-0.4, -0.2) is 51.4 Å². The number of nitrogens with zero attached hydrogens (tertiary/aromatic N) is 1. The highest BCUT2D eigenvalue weighted by Crippen LogP contribution is 2.38. The lowest BCUT2D eigenvalue weighted by Gasteiger charge is -2.16. The molecule has 1 aromatic carbocycles. The third kappa shape index (κ3) is 4.14. The van der Waals surface area contributed by atoms with E-state index in [9.17, 15) is 29.4 Å². The van der Waals surface area contributed by atoms with Gasteiger partial charge in [-0.2, -0.15) is 0 Å². The van der Waals surface area contributed by atoms with Crippen molar-refractivity contribution in [1.29, 1.82) is 0 Å². The molecule has 1 amide bonds. The monoisotopic (exact) mass is 455 g/mol. The van der Waals surface area contributed by atoms with Crippen LogP contribution in [0.1, 0.15) is 20.7 Å². The van der Waals surface area contributed by atoms with Gasteiger partial charge >= 0.3 is 11.9 Å². The maximum absolute atomic E-state index is 12.2. The number of carboxylic acids is 2. The van der Waals surface area contributed by atoms with Crippen LogP contribution in [0.2, 0.25) is 0 Å². The molecule has 0 bridgehead atoms. The summed E-state index contributed by atoms with van der Waals surface area (Å²) in [6.45, 7) is 0. The third-order valence-corrected chi connectivity index (χ3v) is 5.04. The molecule has 0 radical (unpaired) electrons. The van der Waals surface area contributed by atoms with E-state index >= 15 is 0 Å². The largest absolute Gasteiger partial charge is 0.478 e. The zero-order valence-electron chi connectivity index (χ0n) is 14.1. The minimum Gasteiger partial charge on any atom is -0.478 e. The molecule has 0 spiro atoms. The normalized spacial score (nSPS) is 10.5. The summed E-state index contributed by atoms with van der Waals surface area (Å²) in [7, 11) is 3.06. The highest BCUT2D eigenvalue weighted by Gasteiger charge is 2.28. The van der Waals surface area contributed by atoms with Crippen molar-refractivity contribution in [2.24, 2.45) is 0 Å². The number of nitrogen functional groups attached to an aromatic ring is 1. The van der Waals surface area contributed by atoms with Crippen LogP contribution < -0.4 is 11.3 Å². The van der Waals surface area contributed by atoms with E-state index in [0.717, 1.165) is 11.8 Å². The predicted molar refractivity (Wildman–Crippen MR) is 103 cm³/mol. The van der Waals surface area contributed by atoms with Crippen molar-refractivity contribution in [3.05, 3.63) is 44.2 Å². The number of aromatic carboxylic acids is 2. The van der Waals surface area contributed by atoms with E-state index in [1.807, 2.05) is 4.98 Å². The number of rotatable bonds is 4. The number of hydrogen-bond donors (Lipinski definition) is 4. The van der Waals surface area contributed by atoms with Gasteiger partial charge in [0.25, 0.3) is 10.8 Å². The topological polar surface area (TPSA) is 154 Å². The Kier molecular flexibility index (Phi) is 5.96. The predicted octanol–water partition coefficient (Wildman–Crippen LogP) is 2.56. The first-order valence-corrected chi connectivity index (χ1v) is 8.87. The first-order chi connectivity index (χ1) is 12.5. The van der Waals surface area contributed by atoms with Crippen molar-refractivity contribution in [2.45, 2.75) is 4.90 Å². The summed E-state index contributed by atoms with van der Waals surface area (Å²) < 4.78 is 0.576. The molecule has 0 saturated carbocycles. The summed E-state index contributed by atoms with van der Waals surface area (Å²) in [4.78, 5) is 51.3. The maximum Gasteiger partial charge on any atom is 0.342 e. The Morgan fingerprint density at radius 2 is 1.74 bits per heavy atom. The van der Waals surface area contributed by atoms with E-state index < -0.39 is 34.4 Å². The van der Waals surface area contributed by atoms with Gasteiger partial charge < -0.3 is 25.8 Å². The average Bonchev–Trinajstić information content (AvgIpc) is 2.53. The Hall–Kier alpha value is -2.79. The van der Waals surface area contributed by atoms with Crippen molar-refractivity contribution in [2.75, 3.05) is 19.8 Å². The molecule has 2 rings (SSSR count). The van der Waals surface area contributed by atoms with E-state index in [2.05, 4.69) is 15.9 Å². The van der Waals surface area contributed by atoms with E-state index in [4.69, 9.17) is 5.73 Å². The molecule has 0 aliphatic rings. The molecule has 9 nitrogen and oxygen atoms in total. The highest BCUT2D eigenvalue weighted by atomic mass is 79.9. The Bertz CT molecular complexity index is 1020. The Labute approximate surface area is 165 Å². The number of halogens is 1. The summed E-state index contributed by atoms with van der Waals surface area (Å²) in [5.41, 5.74) is 2.98. The van der Waals surface area contributed by atoms with Gasteiger partial charge in [-0.1, -0.05) is 22.0 Å². The van der Waals surface area contributed by atoms with E-state index in [1.54, 1.807) is 0 Å². The van der Waals surface area contributed by atoms with Gasteiger partial charge in [0.1, 0.15) is 16.9 Å². The lowest BCUT2D eigenvalue weighted by molar-refractivity contribution is 0.0695. The fourth-order valence-corrected chi connectivity index (χ4v) is 3.64. The number of aromatic nitrogens is 1. The second-order valence-electron chi connectivity index (χ2n) is 5.51. The molecule has 0 unspecified atom stereocenters. The molecule has 0 aliphatic heterocycles. The molecule has 142 valence electrons. The molecule has 0 fully saturated rings. The molecule has 27 heavy (non-hydrogen) atoms. The number of thioether (sulfide) groups is 1. The summed E-state index contributed by atoms with van der Waals surface area (Å²) >= 11 is 4.01. The molecular formula is C16H14BrN3O6S. The average molecular weight is 456 g/mol. The highest BCUT2D eigenvalue weighted by molar-refractivity contribution is 9.10. The zero-order valence-corrected chi connectivity index (χ0v) is 16.5. The van der Waals surface area contributed by atoms with Crippen LogP contribution >= 0.6 is 27.7 Å². The van der Waals surface area contributed by atoms with Gasteiger partial charge in [-0.15, -0.1) is 0 Å². The van der Waals surface area contributed by atoms with Gasteiger partial charge in [0.05, 0.1) is 0 Å². The lowest BCUT2D eigenvalue weighted by Crippen LogP contribution is -2.24. The number of carbonyl (C=O) groups is 3. The molecule has 0 saturated heterocycles. The van der Waals surface area contributed by atoms with Crippen LogP contribution in [-0.2, 0) is 0 Å². The number of carboxylic acid groups (broad SMARTS) is 2. The number of pyridine rings is 1. The number of nitrogens with two attached hydrogens (primary N) is 1. The van der Waals surface area contributed by atoms with E-state index in [0.29, 0.717) is 4.47 Å². The summed E-state index contributed by atoms with van der Waals surface area (Å²) in [6.07, 6.45) is 0. The molecule has 2 aromatic rings. The summed E-state index contributed by atoms with van der Waals surface area (Å²) in [6, 6.07) is 4.48. The molecule has 11 heteroatoms. The van der Waals surface area contributed by atoms with Crippen molar-refractivity contribution < 1.29 is 24.6 Å².